The minimum atomic E-state index is -3.12. The fourth-order valence-electron chi connectivity index (χ4n) is 3.65. The van der Waals surface area contributed by atoms with Crippen molar-refractivity contribution in [2.45, 2.75) is 17.7 Å². The molecule has 2 atom stereocenters. The van der Waals surface area contributed by atoms with E-state index in [-0.39, 0.29) is 35.1 Å². The first-order valence-corrected chi connectivity index (χ1v) is 12.1. The Bertz CT molecular complexity index is 1090. The summed E-state index contributed by atoms with van der Waals surface area (Å²) in [6.45, 7) is 0. The number of benzene rings is 2. The first-order valence-electron chi connectivity index (χ1n) is 9.01. The van der Waals surface area contributed by atoms with Gasteiger partial charge in [0.2, 0.25) is 0 Å². The van der Waals surface area contributed by atoms with Gasteiger partial charge in [-0.1, -0.05) is 47.6 Å². The molecule has 0 aliphatic carbocycles. The first kappa shape index (κ1) is 20.3. The van der Waals surface area contributed by atoms with Crippen LogP contribution in [0.3, 0.4) is 0 Å². The van der Waals surface area contributed by atoms with Crippen molar-refractivity contribution in [1.29, 1.82) is 0 Å². The predicted octanol–water partition coefficient (Wildman–Crippen LogP) is 3.19. The minimum absolute atomic E-state index is 0.0386. The van der Waals surface area contributed by atoms with E-state index in [9.17, 15) is 13.2 Å². The number of methoxy groups -OCH3 is 1. The molecule has 2 fully saturated rings. The number of halogens is 1. The zero-order chi connectivity index (χ0) is 20.6. The molecule has 2 aromatic rings. The number of amides is 1. The number of thioether (sulfide) groups is 1. The maximum absolute atomic E-state index is 12.7. The maximum atomic E-state index is 12.7. The Morgan fingerprint density at radius 3 is 2.79 bits per heavy atom. The third kappa shape index (κ3) is 4.29. The van der Waals surface area contributed by atoms with Gasteiger partial charge in [0.25, 0.3) is 5.91 Å². The molecule has 4 rings (SSSR count). The van der Waals surface area contributed by atoms with Gasteiger partial charge in [0.1, 0.15) is 5.75 Å². The Morgan fingerprint density at radius 2 is 2.03 bits per heavy atom. The largest absolute Gasteiger partial charge is 0.496 e. The van der Waals surface area contributed by atoms with Crippen molar-refractivity contribution in [3.63, 3.8) is 0 Å². The van der Waals surface area contributed by atoms with Crippen LogP contribution in [0.15, 0.2) is 53.5 Å². The van der Waals surface area contributed by atoms with Crippen molar-refractivity contribution in [3.05, 3.63) is 59.1 Å². The molecular weight excluding hydrogens is 432 g/mol. The van der Waals surface area contributed by atoms with E-state index in [1.54, 1.807) is 31.4 Å². The number of aliphatic imine (C=N–C) groups is 1. The molecule has 2 aliphatic rings. The predicted molar refractivity (Wildman–Crippen MR) is 117 cm³/mol. The summed E-state index contributed by atoms with van der Waals surface area (Å²) in [5.74, 6) is 0.442. The highest BCUT2D eigenvalue weighted by atomic mass is 35.5. The van der Waals surface area contributed by atoms with Gasteiger partial charge in [0.05, 0.1) is 31.1 Å². The molecular formula is C20H19ClN2O4S2. The first-order chi connectivity index (χ1) is 13.9. The van der Waals surface area contributed by atoms with Crippen molar-refractivity contribution in [2.75, 3.05) is 23.5 Å². The van der Waals surface area contributed by atoms with Crippen molar-refractivity contribution >= 4 is 50.0 Å². The molecule has 0 bridgehead atoms. The average Bonchev–Trinajstić information content (AvgIpc) is 3.12. The second-order valence-electron chi connectivity index (χ2n) is 6.93. The third-order valence-corrected chi connectivity index (χ3v) is 8.35. The van der Waals surface area contributed by atoms with E-state index >= 15 is 0 Å². The van der Waals surface area contributed by atoms with Crippen molar-refractivity contribution < 1.29 is 17.9 Å². The summed E-state index contributed by atoms with van der Waals surface area (Å²) in [5, 5.41) is 0.894. The van der Waals surface area contributed by atoms with Crippen LogP contribution in [0.2, 0.25) is 5.02 Å². The Morgan fingerprint density at radius 1 is 1.24 bits per heavy atom. The second kappa shape index (κ2) is 8.01. The molecule has 0 saturated carbocycles. The lowest BCUT2D eigenvalue weighted by Gasteiger charge is -2.24. The number of amidine groups is 1. The molecule has 152 valence electrons. The smallest absolute Gasteiger partial charge is 0.252 e. The molecule has 2 saturated heterocycles. The lowest BCUT2D eigenvalue weighted by Crippen LogP contribution is -2.37. The molecule has 9 heteroatoms. The zero-order valence-corrected chi connectivity index (χ0v) is 18.0. The van der Waals surface area contributed by atoms with Gasteiger partial charge in [-0.15, -0.1) is 0 Å². The zero-order valence-electron chi connectivity index (χ0n) is 15.6. The lowest BCUT2D eigenvalue weighted by atomic mass is 10.1. The van der Waals surface area contributed by atoms with Crippen LogP contribution in [0, 0.1) is 0 Å². The number of sulfone groups is 1. The van der Waals surface area contributed by atoms with Crippen LogP contribution in [0.1, 0.15) is 5.56 Å². The summed E-state index contributed by atoms with van der Waals surface area (Å²) >= 11 is 7.49. The summed E-state index contributed by atoms with van der Waals surface area (Å²) in [7, 11) is -1.56. The molecule has 0 spiro atoms. The average molecular weight is 451 g/mol. The van der Waals surface area contributed by atoms with Gasteiger partial charge >= 0.3 is 0 Å². The molecule has 6 nitrogen and oxygen atoms in total. The van der Waals surface area contributed by atoms with E-state index in [1.807, 2.05) is 29.2 Å². The van der Waals surface area contributed by atoms with Crippen LogP contribution < -0.4 is 9.64 Å². The maximum Gasteiger partial charge on any atom is 0.252 e. The summed E-state index contributed by atoms with van der Waals surface area (Å²) in [5.41, 5.74) is 1.49. The number of anilines is 1. The topological polar surface area (TPSA) is 76.0 Å². The molecule has 1 amide bonds. The summed E-state index contributed by atoms with van der Waals surface area (Å²) in [6.07, 6.45) is 0.102. The number of carbonyl (C=O) groups is 1. The van der Waals surface area contributed by atoms with Crippen LogP contribution >= 0.6 is 23.4 Å². The molecule has 0 radical (unpaired) electrons. The highest BCUT2D eigenvalue weighted by molar-refractivity contribution is 8.16. The summed E-state index contributed by atoms with van der Waals surface area (Å²) in [4.78, 5) is 18.9. The number of para-hydroxylation sites is 1. The fraction of sp³-hybridized carbons (Fsp3) is 0.300. The molecule has 0 N–H and O–H groups in total. The number of ether oxygens (including phenoxy) is 1. The van der Waals surface area contributed by atoms with E-state index in [0.29, 0.717) is 15.9 Å². The fourth-order valence-corrected chi connectivity index (χ4v) is 7.77. The van der Waals surface area contributed by atoms with Gasteiger partial charge in [-0.05, 0) is 24.3 Å². The van der Waals surface area contributed by atoms with Gasteiger partial charge in [0, 0.05) is 21.5 Å². The molecule has 0 aromatic heterocycles. The van der Waals surface area contributed by atoms with Gasteiger partial charge < -0.3 is 9.64 Å². The standard InChI is InChI=1S/C20H19ClN2O4S2/c1-27-17-8-3-2-5-13(17)9-19(24)22-20-23(15-7-4-6-14(21)10-15)16-11-29(25,26)12-18(16)28-20/h2-8,10,16,18H,9,11-12H2,1H3/t16-,18+/m1/s1. The van der Waals surface area contributed by atoms with Crippen molar-refractivity contribution in [1.82, 2.24) is 0 Å². The van der Waals surface area contributed by atoms with E-state index in [4.69, 9.17) is 16.3 Å². The van der Waals surface area contributed by atoms with Crippen LogP contribution in [0.25, 0.3) is 0 Å². The Balaban J connectivity index is 1.65. The number of nitrogens with zero attached hydrogens (tertiary/aromatic N) is 2. The molecule has 29 heavy (non-hydrogen) atoms. The monoisotopic (exact) mass is 450 g/mol. The Hall–Kier alpha value is -2.03. The molecule has 0 unspecified atom stereocenters. The van der Waals surface area contributed by atoms with Crippen LogP contribution in [-0.2, 0) is 21.1 Å². The van der Waals surface area contributed by atoms with Gasteiger partial charge in [-0.25, -0.2) is 8.42 Å². The van der Waals surface area contributed by atoms with Gasteiger partial charge in [-0.3, -0.25) is 4.79 Å². The van der Waals surface area contributed by atoms with E-state index in [2.05, 4.69) is 4.99 Å². The van der Waals surface area contributed by atoms with Crippen LogP contribution in [0.4, 0.5) is 5.69 Å². The van der Waals surface area contributed by atoms with Crippen molar-refractivity contribution in [3.8, 4) is 5.75 Å². The van der Waals surface area contributed by atoms with E-state index in [0.717, 1.165) is 11.3 Å². The highest BCUT2D eigenvalue weighted by Gasteiger charge is 2.49. The molecule has 2 aliphatic heterocycles. The Labute approximate surface area is 178 Å². The van der Waals surface area contributed by atoms with Crippen molar-refractivity contribution in [2.24, 2.45) is 4.99 Å². The van der Waals surface area contributed by atoms with Gasteiger partial charge in [0.15, 0.2) is 15.0 Å². The SMILES string of the molecule is COc1ccccc1CC(=O)N=C1S[C@H]2CS(=O)(=O)C[C@H]2N1c1cccc(Cl)c1. The normalized spacial score (nSPS) is 23.9. The minimum Gasteiger partial charge on any atom is -0.496 e. The Kier molecular flexibility index (Phi) is 5.59. The van der Waals surface area contributed by atoms with E-state index < -0.39 is 9.84 Å². The highest BCUT2D eigenvalue weighted by Crippen LogP contribution is 2.41. The number of hydrogen-bond acceptors (Lipinski definition) is 5. The quantitative estimate of drug-likeness (QED) is 0.712. The van der Waals surface area contributed by atoms with Crippen LogP contribution in [0.5, 0.6) is 5.75 Å². The van der Waals surface area contributed by atoms with Gasteiger partial charge in [-0.2, -0.15) is 4.99 Å². The van der Waals surface area contributed by atoms with Crippen LogP contribution in [-0.4, -0.2) is 49.4 Å². The molecule has 2 heterocycles. The molecule has 2 aromatic carbocycles. The number of rotatable bonds is 4. The third-order valence-electron chi connectivity index (χ3n) is 4.91. The summed E-state index contributed by atoms with van der Waals surface area (Å²) < 4.78 is 29.6. The number of fused-ring (bicyclic) bond motifs is 1. The number of hydrogen-bond donors (Lipinski definition) is 0. The second-order valence-corrected chi connectivity index (χ2v) is 10.7. The lowest BCUT2D eigenvalue weighted by molar-refractivity contribution is -0.117. The number of carbonyl (C=O) groups excluding carboxylic acids is 1. The van der Waals surface area contributed by atoms with E-state index in [1.165, 1.54) is 11.8 Å². The summed E-state index contributed by atoms with van der Waals surface area (Å²) in [6, 6.07) is 14.2.